The van der Waals surface area contributed by atoms with E-state index in [1.165, 1.54) is 19.2 Å². The molecule has 22 heavy (non-hydrogen) atoms. The fraction of sp³-hybridized carbons (Fsp3) is 0.385. The van der Waals surface area contributed by atoms with Crippen LogP contribution in [0.15, 0.2) is 23.1 Å². The Hall–Kier alpha value is -1.64. The van der Waals surface area contributed by atoms with Gasteiger partial charge in [0.1, 0.15) is 6.54 Å². The summed E-state index contributed by atoms with van der Waals surface area (Å²) in [6.07, 6.45) is 0.459. The van der Waals surface area contributed by atoms with Crippen LogP contribution in [-0.2, 0) is 19.6 Å². The molecule has 0 amide bonds. The summed E-state index contributed by atoms with van der Waals surface area (Å²) < 4.78 is 30.3. The number of hydrogen-bond acceptors (Lipinski definition) is 5. The van der Waals surface area contributed by atoms with Crippen molar-refractivity contribution in [2.24, 2.45) is 0 Å². The second-order valence-corrected chi connectivity index (χ2v) is 6.71. The van der Waals surface area contributed by atoms with Crippen LogP contribution in [0.2, 0.25) is 5.02 Å². The minimum atomic E-state index is -4.01. The summed E-state index contributed by atoms with van der Waals surface area (Å²) in [6.45, 7) is 1.15. The molecule has 0 saturated heterocycles. The number of sulfonamides is 1. The number of carboxylic acid groups (broad SMARTS) is 1. The Morgan fingerprint density at radius 1 is 1.36 bits per heavy atom. The van der Waals surface area contributed by atoms with Crippen molar-refractivity contribution in [2.75, 3.05) is 20.2 Å². The smallest absolute Gasteiger partial charge is 0.339 e. The van der Waals surface area contributed by atoms with Gasteiger partial charge in [-0.3, -0.25) is 4.79 Å². The molecule has 7 nitrogen and oxygen atoms in total. The van der Waals surface area contributed by atoms with Gasteiger partial charge in [0.05, 0.1) is 22.6 Å². The number of esters is 1. The molecule has 0 aliphatic heterocycles. The Morgan fingerprint density at radius 2 is 2.00 bits per heavy atom. The summed E-state index contributed by atoms with van der Waals surface area (Å²) in [7, 11) is -2.83. The van der Waals surface area contributed by atoms with Gasteiger partial charge in [-0.2, -0.15) is 4.31 Å². The topological polar surface area (TPSA) is 101 Å². The van der Waals surface area contributed by atoms with Crippen molar-refractivity contribution in [1.29, 1.82) is 0 Å². The Morgan fingerprint density at radius 3 is 2.45 bits per heavy atom. The molecule has 0 aliphatic rings. The summed E-state index contributed by atoms with van der Waals surface area (Å²) in [4.78, 5) is 22.1. The van der Waals surface area contributed by atoms with Gasteiger partial charge >= 0.3 is 11.9 Å². The molecule has 0 spiro atoms. The number of carbonyl (C=O) groups is 2. The maximum atomic E-state index is 12.4. The molecule has 1 aromatic rings. The molecule has 1 N–H and O–H groups in total. The molecule has 0 bridgehead atoms. The summed E-state index contributed by atoms with van der Waals surface area (Å²) in [5, 5.41) is 8.75. The first-order chi connectivity index (χ1) is 10.2. The van der Waals surface area contributed by atoms with Gasteiger partial charge in [0.2, 0.25) is 10.0 Å². The molecule has 0 aromatic heterocycles. The zero-order valence-corrected chi connectivity index (χ0v) is 13.6. The number of carbonyl (C=O) groups excluding carboxylic acids is 1. The van der Waals surface area contributed by atoms with Crippen LogP contribution in [0.1, 0.15) is 23.7 Å². The molecule has 0 fully saturated rings. The predicted octanol–water partition coefficient (Wildman–Crippen LogP) is 1.61. The van der Waals surface area contributed by atoms with Crippen molar-refractivity contribution in [2.45, 2.75) is 18.2 Å². The summed E-state index contributed by atoms with van der Waals surface area (Å²) >= 11 is 5.90. The van der Waals surface area contributed by atoms with E-state index >= 15 is 0 Å². The normalized spacial score (nSPS) is 11.5. The molecular weight excluding hydrogens is 334 g/mol. The molecule has 1 rings (SSSR count). The van der Waals surface area contributed by atoms with E-state index in [2.05, 4.69) is 4.74 Å². The van der Waals surface area contributed by atoms with Gasteiger partial charge in [-0.25, -0.2) is 13.2 Å². The van der Waals surface area contributed by atoms with E-state index in [1.54, 1.807) is 6.92 Å². The molecule has 0 radical (unpaired) electrons. The number of aliphatic carboxylic acids is 1. The first kappa shape index (κ1) is 18.4. The first-order valence-corrected chi connectivity index (χ1v) is 8.15. The highest BCUT2D eigenvalue weighted by molar-refractivity contribution is 7.89. The first-order valence-electron chi connectivity index (χ1n) is 6.33. The molecule has 0 heterocycles. The molecular formula is C13H16ClNO6S. The van der Waals surface area contributed by atoms with E-state index in [0.29, 0.717) is 6.42 Å². The lowest BCUT2D eigenvalue weighted by Crippen LogP contribution is -2.36. The lowest BCUT2D eigenvalue weighted by atomic mass is 10.2. The quantitative estimate of drug-likeness (QED) is 0.750. The fourth-order valence-corrected chi connectivity index (χ4v) is 3.60. The van der Waals surface area contributed by atoms with E-state index in [9.17, 15) is 18.0 Å². The molecule has 0 unspecified atom stereocenters. The Labute approximate surface area is 133 Å². The molecule has 1 aromatic carbocycles. The standard InChI is InChI=1S/C13H16ClNO6S/c1-3-6-15(8-12(16)17)22(19,20)9-4-5-10(11(14)7-9)13(18)21-2/h4-5,7H,3,6,8H2,1-2H3,(H,16,17). The number of methoxy groups -OCH3 is 1. The van der Waals surface area contributed by atoms with E-state index in [1.807, 2.05) is 0 Å². The summed E-state index contributed by atoms with van der Waals surface area (Å²) in [6, 6.07) is 3.53. The third kappa shape index (κ3) is 4.19. The second kappa shape index (κ2) is 7.57. The Kier molecular flexibility index (Phi) is 6.34. The zero-order valence-electron chi connectivity index (χ0n) is 12.1. The van der Waals surface area contributed by atoms with E-state index in [-0.39, 0.29) is 22.0 Å². The largest absolute Gasteiger partial charge is 0.480 e. The third-order valence-corrected chi connectivity index (χ3v) is 4.92. The van der Waals surface area contributed by atoms with Crippen LogP contribution in [0.5, 0.6) is 0 Å². The zero-order chi connectivity index (χ0) is 16.9. The SMILES string of the molecule is CCCN(CC(=O)O)S(=O)(=O)c1ccc(C(=O)OC)c(Cl)c1. The number of hydrogen-bond donors (Lipinski definition) is 1. The number of halogens is 1. The minimum absolute atomic E-state index is 0.0309. The number of ether oxygens (including phenoxy) is 1. The van der Waals surface area contributed by atoms with E-state index < -0.39 is 28.5 Å². The van der Waals surface area contributed by atoms with Crippen LogP contribution in [0.25, 0.3) is 0 Å². The van der Waals surface area contributed by atoms with Gasteiger partial charge in [0.15, 0.2) is 0 Å². The average molecular weight is 350 g/mol. The summed E-state index contributed by atoms with van der Waals surface area (Å²) in [5.41, 5.74) is 0.0309. The van der Waals surface area contributed by atoms with Crippen molar-refractivity contribution in [3.63, 3.8) is 0 Å². The van der Waals surface area contributed by atoms with Gasteiger partial charge < -0.3 is 9.84 Å². The second-order valence-electron chi connectivity index (χ2n) is 4.37. The number of nitrogens with zero attached hydrogens (tertiary/aromatic N) is 1. The van der Waals surface area contributed by atoms with Gasteiger partial charge in [-0.1, -0.05) is 18.5 Å². The van der Waals surface area contributed by atoms with Crippen LogP contribution in [0, 0.1) is 0 Å². The molecule has 0 atom stereocenters. The van der Waals surface area contributed by atoms with Crippen molar-refractivity contribution >= 4 is 33.6 Å². The van der Waals surface area contributed by atoms with E-state index in [4.69, 9.17) is 16.7 Å². The molecule has 0 saturated carbocycles. The monoisotopic (exact) mass is 349 g/mol. The lowest BCUT2D eigenvalue weighted by molar-refractivity contribution is -0.137. The number of carboxylic acids is 1. The number of benzene rings is 1. The highest BCUT2D eigenvalue weighted by Gasteiger charge is 2.27. The molecule has 122 valence electrons. The molecule has 0 aliphatic carbocycles. The van der Waals surface area contributed by atoms with Crippen LogP contribution in [0.3, 0.4) is 0 Å². The highest BCUT2D eigenvalue weighted by Crippen LogP contribution is 2.24. The maximum absolute atomic E-state index is 12.4. The maximum Gasteiger partial charge on any atom is 0.339 e. The Bertz CT molecular complexity index is 673. The van der Waals surface area contributed by atoms with Crippen LogP contribution in [-0.4, -0.2) is 50.0 Å². The van der Waals surface area contributed by atoms with Gasteiger partial charge in [0, 0.05) is 6.54 Å². The van der Waals surface area contributed by atoms with Crippen LogP contribution < -0.4 is 0 Å². The lowest BCUT2D eigenvalue weighted by Gasteiger charge is -2.20. The summed E-state index contributed by atoms with van der Waals surface area (Å²) in [5.74, 6) is -1.95. The minimum Gasteiger partial charge on any atom is -0.480 e. The van der Waals surface area contributed by atoms with Gasteiger partial charge in [-0.15, -0.1) is 0 Å². The van der Waals surface area contributed by atoms with Crippen molar-refractivity contribution in [1.82, 2.24) is 4.31 Å². The van der Waals surface area contributed by atoms with Gasteiger partial charge in [-0.05, 0) is 24.6 Å². The van der Waals surface area contributed by atoms with Crippen molar-refractivity contribution < 1.29 is 27.9 Å². The number of rotatable bonds is 7. The Balaban J connectivity index is 3.24. The van der Waals surface area contributed by atoms with Crippen molar-refractivity contribution in [3.05, 3.63) is 28.8 Å². The van der Waals surface area contributed by atoms with Crippen molar-refractivity contribution in [3.8, 4) is 0 Å². The third-order valence-electron chi connectivity index (χ3n) is 2.77. The average Bonchev–Trinajstić information content (AvgIpc) is 2.45. The van der Waals surface area contributed by atoms with Gasteiger partial charge in [0.25, 0.3) is 0 Å². The highest BCUT2D eigenvalue weighted by atomic mass is 35.5. The fourth-order valence-electron chi connectivity index (χ4n) is 1.77. The molecule has 9 heteroatoms. The van der Waals surface area contributed by atoms with E-state index in [0.717, 1.165) is 10.4 Å². The predicted molar refractivity (Wildman–Crippen MR) is 79.5 cm³/mol. The van der Waals surface area contributed by atoms with Crippen LogP contribution >= 0.6 is 11.6 Å². The van der Waals surface area contributed by atoms with Crippen LogP contribution in [0.4, 0.5) is 0 Å².